The van der Waals surface area contributed by atoms with E-state index in [1.54, 1.807) is 12.3 Å². The third-order valence-electron chi connectivity index (χ3n) is 3.41. The van der Waals surface area contributed by atoms with Crippen LogP contribution in [0.5, 0.6) is 0 Å². The minimum atomic E-state index is -0.143. The molecule has 3 rings (SSSR count). The molecule has 2 aromatic heterocycles. The third kappa shape index (κ3) is 4.46. The maximum atomic E-state index is 12.1. The van der Waals surface area contributed by atoms with Crippen LogP contribution in [0.2, 0.25) is 0 Å². The fourth-order valence-corrected chi connectivity index (χ4v) is 3.22. The maximum absolute atomic E-state index is 12.1. The molecule has 1 aromatic carbocycles. The topological polar surface area (TPSA) is 72.7 Å². The summed E-state index contributed by atoms with van der Waals surface area (Å²) in [5.41, 5.74) is 2.16. The van der Waals surface area contributed by atoms with E-state index in [1.165, 1.54) is 17.3 Å². The first-order chi connectivity index (χ1) is 12.0. The molecule has 0 atom stereocenters. The van der Waals surface area contributed by atoms with Gasteiger partial charge in [-0.05, 0) is 54.0 Å². The first-order valence-corrected chi connectivity index (χ1v) is 9.34. The predicted octanol–water partition coefficient (Wildman–Crippen LogP) is 3.77. The summed E-state index contributed by atoms with van der Waals surface area (Å²) in [6.07, 6.45) is 1.64. The van der Waals surface area contributed by atoms with E-state index in [4.69, 9.17) is 0 Å². The Kier molecular flexibility index (Phi) is 5.50. The van der Waals surface area contributed by atoms with Crippen LogP contribution >= 0.6 is 27.7 Å². The molecule has 1 N–H and O–H groups in total. The third-order valence-corrected chi connectivity index (χ3v) is 4.81. The van der Waals surface area contributed by atoms with Gasteiger partial charge in [-0.25, -0.2) is 4.98 Å². The van der Waals surface area contributed by atoms with Crippen molar-refractivity contribution in [2.24, 2.45) is 0 Å². The molecule has 0 radical (unpaired) electrons. The molecular formula is C17H16BrN5OS. The van der Waals surface area contributed by atoms with Crippen molar-refractivity contribution in [2.75, 3.05) is 11.1 Å². The van der Waals surface area contributed by atoms with Gasteiger partial charge in [0.15, 0.2) is 5.16 Å². The summed E-state index contributed by atoms with van der Waals surface area (Å²) in [6, 6.07) is 11.7. The van der Waals surface area contributed by atoms with E-state index in [2.05, 4.69) is 36.4 Å². The van der Waals surface area contributed by atoms with Crippen LogP contribution in [0, 0.1) is 13.8 Å². The number of aryl methyl sites for hydroxylation is 2. The standard InChI is InChI=1S/C17H16BrN5OS/c1-11-3-6-14(7-4-11)23-12(2)21-22-17(23)25-10-16(24)20-15-8-5-13(18)9-19-15/h3-9H,10H2,1-2H3,(H,19,20,24). The van der Waals surface area contributed by atoms with Crippen LogP contribution in [0.25, 0.3) is 5.69 Å². The number of nitrogens with one attached hydrogen (secondary N) is 1. The van der Waals surface area contributed by atoms with E-state index in [9.17, 15) is 4.79 Å². The van der Waals surface area contributed by atoms with Gasteiger partial charge >= 0.3 is 0 Å². The van der Waals surface area contributed by atoms with Gasteiger partial charge < -0.3 is 5.32 Å². The number of nitrogens with zero attached hydrogens (tertiary/aromatic N) is 4. The van der Waals surface area contributed by atoms with Gasteiger partial charge in [0.2, 0.25) is 5.91 Å². The van der Waals surface area contributed by atoms with Crippen molar-refractivity contribution in [1.82, 2.24) is 19.7 Å². The molecule has 0 aliphatic rings. The molecule has 0 fully saturated rings. The quantitative estimate of drug-likeness (QED) is 0.639. The molecule has 0 spiro atoms. The number of amides is 1. The van der Waals surface area contributed by atoms with Crippen LogP contribution in [-0.4, -0.2) is 31.4 Å². The van der Waals surface area contributed by atoms with Gasteiger partial charge in [0.1, 0.15) is 11.6 Å². The fourth-order valence-electron chi connectivity index (χ4n) is 2.19. The molecule has 3 aromatic rings. The lowest BCUT2D eigenvalue weighted by molar-refractivity contribution is -0.113. The Labute approximate surface area is 158 Å². The van der Waals surface area contributed by atoms with E-state index in [1.807, 2.05) is 48.7 Å². The van der Waals surface area contributed by atoms with Crippen molar-refractivity contribution in [3.8, 4) is 5.69 Å². The maximum Gasteiger partial charge on any atom is 0.236 e. The summed E-state index contributed by atoms with van der Waals surface area (Å²) < 4.78 is 2.80. The summed E-state index contributed by atoms with van der Waals surface area (Å²) in [6.45, 7) is 3.93. The van der Waals surface area contributed by atoms with Crippen molar-refractivity contribution < 1.29 is 4.79 Å². The zero-order chi connectivity index (χ0) is 17.8. The van der Waals surface area contributed by atoms with Gasteiger partial charge in [-0.15, -0.1) is 10.2 Å². The second-order valence-corrected chi connectivity index (χ2v) is 7.26. The molecule has 2 heterocycles. The number of hydrogen-bond acceptors (Lipinski definition) is 5. The lowest BCUT2D eigenvalue weighted by Crippen LogP contribution is -2.15. The smallest absolute Gasteiger partial charge is 0.236 e. The highest BCUT2D eigenvalue weighted by atomic mass is 79.9. The van der Waals surface area contributed by atoms with Gasteiger partial charge in [-0.2, -0.15) is 0 Å². The molecule has 0 saturated carbocycles. The minimum absolute atomic E-state index is 0.143. The van der Waals surface area contributed by atoms with E-state index < -0.39 is 0 Å². The number of pyridine rings is 1. The van der Waals surface area contributed by atoms with Crippen LogP contribution < -0.4 is 5.32 Å². The van der Waals surface area contributed by atoms with Crippen LogP contribution in [0.1, 0.15) is 11.4 Å². The number of benzene rings is 1. The van der Waals surface area contributed by atoms with Gasteiger partial charge in [-0.3, -0.25) is 9.36 Å². The van der Waals surface area contributed by atoms with Crippen molar-refractivity contribution in [3.63, 3.8) is 0 Å². The van der Waals surface area contributed by atoms with E-state index >= 15 is 0 Å². The lowest BCUT2D eigenvalue weighted by Gasteiger charge is -2.09. The number of aromatic nitrogens is 4. The SMILES string of the molecule is Cc1ccc(-n2c(C)nnc2SCC(=O)Nc2ccc(Br)cn2)cc1. The summed E-state index contributed by atoms with van der Waals surface area (Å²) in [5.74, 6) is 1.38. The second kappa shape index (κ2) is 7.79. The number of hydrogen-bond donors (Lipinski definition) is 1. The van der Waals surface area contributed by atoms with Crippen LogP contribution in [0.3, 0.4) is 0 Å². The molecule has 6 nitrogen and oxygen atoms in total. The van der Waals surface area contributed by atoms with Gasteiger partial charge in [0.25, 0.3) is 0 Å². The molecule has 128 valence electrons. The lowest BCUT2D eigenvalue weighted by atomic mass is 10.2. The molecular weight excluding hydrogens is 402 g/mol. The van der Waals surface area contributed by atoms with Crippen molar-refractivity contribution >= 4 is 39.4 Å². The molecule has 0 aliphatic carbocycles. The van der Waals surface area contributed by atoms with Gasteiger partial charge in [0, 0.05) is 16.4 Å². The highest BCUT2D eigenvalue weighted by Crippen LogP contribution is 2.22. The average molecular weight is 418 g/mol. The summed E-state index contributed by atoms with van der Waals surface area (Å²) in [4.78, 5) is 16.3. The largest absolute Gasteiger partial charge is 0.310 e. The summed E-state index contributed by atoms with van der Waals surface area (Å²) in [7, 11) is 0. The zero-order valence-electron chi connectivity index (χ0n) is 13.7. The Hall–Kier alpha value is -2.19. The number of rotatable bonds is 5. The number of thioether (sulfide) groups is 1. The second-order valence-electron chi connectivity index (χ2n) is 5.40. The normalized spacial score (nSPS) is 10.7. The summed E-state index contributed by atoms with van der Waals surface area (Å²) >= 11 is 4.65. The molecule has 0 unspecified atom stereocenters. The highest BCUT2D eigenvalue weighted by molar-refractivity contribution is 9.10. The Balaban J connectivity index is 1.68. The van der Waals surface area contributed by atoms with Crippen molar-refractivity contribution in [2.45, 2.75) is 19.0 Å². The van der Waals surface area contributed by atoms with E-state index in [0.29, 0.717) is 11.0 Å². The number of carbonyl (C=O) groups is 1. The van der Waals surface area contributed by atoms with E-state index in [-0.39, 0.29) is 11.7 Å². The summed E-state index contributed by atoms with van der Waals surface area (Å²) in [5, 5.41) is 11.8. The Morgan fingerprint density at radius 1 is 1.16 bits per heavy atom. The van der Waals surface area contributed by atoms with Gasteiger partial charge in [-0.1, -0.05) is 29.5 Å². The highest BCUT2D eigenvalue weighted by Gasteiger charge is 2.13. The average Bonchev–Trinajstić information content (AvgIpc) is 2.97. The molecule has 0 aliphatic heterocycles. The molecule has 8 heteroatoms. The van der Waals surface area contributed by atoms with Crippen LogP contribution in [-0.2, 0) is 4.79 Å². The van der Waals surface area contributed by atoms with Crippen molar-refractivity contribution in [1.29, 1.82) is 0 Å². The molecule has 25 heavy (non-hydrogen) atoms. The van der Waals surface area contributed by atoms with E-state index in [0.717, 1.165) is 16.0 Å². The monoisotopic (exact) mass is 417 g/mol. The first kappa shape index (κ1) is 17.6. The Morgan fingerprint density at radius 2 is 1.92 bits per heavy atom. The predicted molar refractivity (Wildman–Crippen MR) is 102 cm³/mol. The van der Waals surface area contributed by atoms with Crippen LogP contribution in [0.15, 0.2) is 52.2 Å². The van der Waals surface area contributed by atoms with Gasteiger partial charge in [0.05, 0.1) is 5.75 Å². The van der Waals surface area contributed by atoms with Crippen molar-refractivity contribution in [3.05, 3.63) is 58.5 Å². The fraction of sp³-hybridized carbons (Fsp3) is 0.176. The van der Waals surface area contributed by atoms with Crippen LogP contribution in [0.4, 0.5) is 5.82 Å². The Bertz CT molecular complexity index is 877. The first-order valence-electron chi connectivity index (χ1n) is 7.56. The molecule has 0 saturated heterocycles. The number of halogens is 1. The zero-order valence-corrected chi connectivity index (χ0v) is 16.1. The number of carbonyl (C=O) groups excluding carboxylic acids is 1. The molecule has 0 bridgehead atoms. The molecule has 1 amide bonds. The minimum Gasteiger partial charge on any atom is -0.310 e. The number of anilines is 1. The Morgan fingerprint density at radius 3 is 2.60 bits per heavy atom.